The lowest BCUT2D eigenvalue weighted by molar-refractivity contribution is 0.0820. The molecule has 262 valence electrons. The molecule has 14 heteroatoms. The van der Waals surface area contributed by atoms with Gasteiger partial charge in [0, 0.05) is 41.1 Å². The van der Waals surface area contributed by atoms with E-state index >= 15 is 0 Å². The molecule has 0 aliphatic carbocycles. The summed E-state index contributed by atoms with van der Waals surface area (Å²) >= 11 is 19.1. The number of fused-ring (bicyclic) bond motifs is 1. The minimum atomic E-state index is -0.559. The molecular formula is C38H30Cl3FN8O2. The van der Waals surface area contributed by atoms with E-state index < -0.39 is 11.9 Å². The molecule has 10 nitrogen and oxygen atoms in total. The maximum Gasteiger partial charge on any atom is 0.410 e. The molecule has 7 rings (SSSR count). The number of pyridine rings is 1. The number of nitriles is 1. The van der Waals surface area contributed by atoms with Crippen molar-refractivity contribution in [2.24, 2.45) is 0 Å². The Hall–Kier alpha value is -5.41. The molecule has 0 spiro atoms. The molecule has 6 aromatic rings. The normalized spacial score (nSPS) is 13.8. The Morgan fingerprint density at radius 2 is 1.73 bits per heavy atom. The number of hydrogen-bond donors (Lipinski definition) is 2. The highest BCUT2D eigenvalue weighted by atomic mass is 35.5. The van der Waals surface area contributed by atoms with Gasteiger partial charge in [0.2, 0.25) is 0 Å². The van der Waals surface area contributed by atoms with E-state index in [1.165, 1.54) is 24.4 Å². The van der Waals surface area contributed by atoms with E-state index in [0.29, 0.717) is 69.6 Å². The number of amides is 1. The van der Waals surface area contributed by atoms with Gasteiger partial charge in [-0.15, -0.1) is 5.10 Å². The van der Waals surface area contributed by atoms with Crippen LogP contribution >= 0.6 is 34.8 Å². The number of ether oxygens (including phenoxy) is 1. The number of nitrogens with one attached hydrogen (secondary N) is 2. The van der Waals surface area contributed by atoms with Crippen LogP contribution in [0.5, 0.6) is 0 Å². The highest BCUT2D eigenvalue weighted by Crippen LogP contribution is 2.37. The van der Waals surface area contributed by atoms with Crippen LogP contribution in [-0.2, 0) is 11.3 Å². The molecule has 52 heavy (non-hydrogen) atoms. The lowest BCUT2D eigenvalue weighted by atomic mass is 10.0. The van der Waals surface area contributed by atoms with Gasteiger partial charge in [-0.05, 0) is 66.4 Å². The van der Waals surface area contributed by atoms with Crippen LogP contribution in [0.25, 0.3) is 10.9 Å². The van der Waals surface area contributed by atoms with Gasteiger partial charge in [-0.2, -0.15) is 5.26 Å². The average molecular weight is 756 g/mol. The summed E-state index contributed by atoms with van der Waals surface area (Å²) in [5, 5.41) is 27.2. The Kier molecular flexibility index (Phi) is 10.4. The number of nitrogens with zero attached hydrogens (tertiary/aromatic N) is 6. The fourth-order valence-corrected chi connectivity index (χ4v) is 6.73. The van der Waals surface area contributed by atoms with Crippen molar-refractivity contribution in [1.29, 1.82) is 5.26 Å². The van der Waals surface area contributed by atoms with Gasteiger partial charge in [0.25, 0.3) is 0 Å². The lowest BCUT2D eigenvalue weighted by Crippen LogP contribution is -2.39. The first-order valence-corrected chi connectivity index (χ1v) is 17.5. The van der Waals surface area contributed by atoms with Gasteiger partial charge in [-0.25, -0.2) is 13.9 Å². The first-order chi connectivity index (χ1) is 25.2. The second-order valence-corrected chi connectivity index (χ2v) is 13.5. The van der Waals surface area contributed by atoms with Crippen LogP contribution in [-0.4, -0.2) is 44.1 Å². The zero-order valence-corrected chi connectivity index (χ0v) is 29.7. The van der Waals surface area contributed by atoms with Crippen LogP contribution in [0.15, 0.2) is 97.3 Å². The molecule has 2 N–H and O–H groups in total. The van der Waals surface area contributed by atoms with Crippen molar-refractivity contribution in [3.63, 3.8) is 0 Å². The van der Waals surface area contributed by atoms with Crippen molar-refractivity contribution in [3.8, 4) is 6.07 Å². The number of piperidine rings is 1. The second kappa shape index (κ2) is 15.5. The first-order valence-electron chi connectivity index (χ1n) is 16.4. The number of likely N-dealkylation sites (tertiary alicyclic amines) is 1. The minimum Gasteiger partial charge on any atom is -0.445 e. The van der Waals surface area contributed by atoms with Crippen molar-refractivity contribution in [2.45, 2.75) is 31.5 Å². The van der Waals surface area contributed by atoms with Crippen LogP contribution in [0.4, 0.5) is 26.2 Å². The number of carbonyl (C=O) groups excluding carboxylic acids is 1. The highest BCUT2D eigenvalue weighted by molar-refractivity contribution is 6.36. The van der Waals surface area contributed by atoms with Crippen LogP contribution in [0, 0.1) is 17.1 Å². The summed E-state index contributed by atoms with van der Waals surface area (Å²) in [6.45, 7) is 1.28. The Morgan fingerprint density at radius 3 is 2.46 bits per heavy atom. The minimum absolute atomic E-state index is 0.0319. The Balaban J connectivity index is 1.13. The molecule has 0 unspecified atom stereocenters. The molecule has 3 heterocycles. The maximum atomic E-state index is 13.9. The molecule has 1 fully saturated rings. The molecular weight excluding hydrogens is 726 g/mol. The summed E-state index contributed by atoms with van der Waals surface area (Å²) in [5.74, 6) is -0.559. The number of rotatable bonds is 9. The third-order valence-corrected chi connectivity index (χ3v) is 9.70. The number of anilines is 3. The van der Waals surface area contributed by atoms with Gasteiger partial charge in [0.1, 0.15) is 24.2 Å². The van der Waals surface area contributed by atoms with Gasteiger partial charge in [-0.3, -0.25) is 4.98 Å². The molecule has 0 saturated carbocycles. The SMILES string of the molecule is N#Cc1cnc2c(Cl)cc(N[C@@H](c3ccc(Cl)cc3)c3cn(C4CCN(C(=O)OCc5ccccc5)CC4)nn3)cc2c1Nc1ccc(F)c(Cl)c1. The van der Waals surface area contributed by atoms with Crippen LogP contribution in [0.1, 0.15) is 47.3 Å². The summed E-state index contributed by atoms with van der Waals surface area (Å²) in [6, 6.07) is 26.5. The number of benzene rings is 4. The molecule has 1 saturated heterocycles. The summed E-state index contributed by atoms with van der Waals surface area (Å²) < 4.78 is 21.3. The third-order valence-electron chi connectivity index (χ3n) is 8.87. The van der Waals surface area contributed by atoms with Crippen molar-refractivity contribution >= 4 is 68.9 Å². The van der Waals surface area contributed by atoms with Gasteiger partial charge in [0.05, 0.1) is 45.1 Å². The monoisotopic (exact) mass is 754 g/mol. The number of halogens is 4. The van der Waals surface area contributed by atoms with Crippen LogP contribution in [0.2, 0.25) is 15.1 Å². The number of carbonyl (C=O) groups is 1. The maximum absolute atomic E-state index is 13.9. The molecule has 2 aromatic heterocycles. The predicted molar refractivity (Wildman–Crippen MR) is 200 cm³/mol. The van der Waals surface area contributed by atoms with E-state index in [4.69, 9.17) is 39.5 Å². The van der Waals surface area contributed by atoms with Crippen LogP contribution in [0.3, 0.4) is 0 Å². The van der Waals surface area contributed by atoms with Gasteiger partial charge in [0.15, 0.2) is 0 Å². The molecule has 1 atom stereocenters. The molecule has 1 aliphatic rings. The topological polar surface area (TPSA) is 121 Å². The van der Waals surface area contributed by atoms with Crippen molar-refractivity contribution in [1.82, 2.24) is 24.9 Å². The molecule has 0 radical (unpaired) electrons. The van der Waals surface area contributed by atoms with E-state index in [1.54, 1.807) is 23.1 Å². The lowest BCUT2D eigenvalue weighted by Gasteiger charge is -2.31. The number of hydrogen-bond acceptors (Lipinski definition) is 8. The summed E-state index contributed by atoms with van der Waals surface area (Å²) in [7, 11) is 0. The second-order valence-electron chi connectivity index (χ2n) is 12.3. The van der Waals surface area contributed by atoms with E-state index in [1.807, 2.05) is 59.4 Å². The molecule has 1 aliphatic heterocycles. The Bertz CT molecular complexity index is 2270. The third kappa shape index (κ3) is 7.75. The van der Waals surface area contributed by atoms with Crippen molar-refractivity contribution < 1.29 is 13.9 Å². The average Bonchev–Trinajstić information content (AvgIpc) is 3.66. The fourth-order valence-electron chi connectivity index (χ4n) is 6.16. The zero-order valence-electron chi connectivity index (χ0n) is 27.4. The van der Waals surface area contributed by atoms with Crippen molar-refractivity contribution in [3.05, 3.63) is 141 Å². The molecule has 4 aromatic carbocycles. The predicted octanol–water partition coefficient (Wildman–Crippen LogP) is 9.72. The quantitative estimate of drug-likeness (QED) is 0.150. The van der Waals surface area contributed by atoms with E-state index in [2.05, 4.69) is 32.0 Å². The van der Waals surface area contributed by atoms with E-state index in [9.17, 15) is 14.4 Å². The Morgan fingerprint density at radius 1 is 0.981 bits per heavy atom. The summed E-state index contributed by atoms with van der Waals surface area (Å²) in [6.07, 6.45) is 4.38. The van der Waals surface area contributed by atoms with E-state index in [0.717, 1.165) is 11.1 Å². The smallest absolute Gasteiger partial charge is 0.410 e. The standard InChI is InChI=1S/C38H30Cl3FN8O2/c39-26-8-6-24(7-9-26)36(34-21-50(48-47-34)29-12-14-49(15-13-29)38(51)52-22-23-4-2-1-3-5-23)46-28-16-30-35(45-27-10-11-33(42)31(40)17-27)25(19-43)20-44-37(30)32(41)18-28/h1-11,16-18,20-21,29,36,46H,12-15,22H2,(H,44,45)/t36-/m0/s1. The van der Waals surface area contributed by atoms with Crippen molar-refractivity contribution in [2.75, 3.05) is 23.7 Å². The van der Waals surface area contributed by atoms with Crippen LogP contribution < -0.4 is 10.6 Å². The highest BCUT2D eigenvalue weighted by Gasteiger charge is 2.27. The first kappa shape index (κ1) is 35.0. The zero-order chi connectivity index (χ0) is 36.2. The fraction of sp³-hybridized carbons (Fsp3) is 0.184. The summed E-state index contributed by atoms with van der Waals surface area (Å²) in [4.78, 5) is 18.9. The van der Waals surface area contributed by atoms with Gasteiger partial charge >= 0.3 is 6.09 Å². The van der Waals surface area contributed by atoms with Gasteiger partial charge < -0.3 is 20.3 Å². The Labute approximate surface area is 313 Å². The number of aromatic nitrogens is 4. The van der Waals surface area contributed by atoms with E-state index in [-0.39, 0.29) is 29.3 Å². The molecule has 1 amide bonds. The molecule has 0 bridgehead atoms. The summed E-state index contributed by atoms with van der Waals surface area (Å²) in [5.41, 5.74) is 4.71. The van der Waals surface area contributed by atoms with Gasteiger partial charge in [-0.1, -0.05) is 82.5 Å². The largest absolute Gasteiger partial charge is 0.445 e.